The van der Waals surface area contributed by atoms with Gasteiger partial charge in [-0.3, -0.25) is 4.79 Å². The lowest BCUT2D eigenvalue weighted by molar-refractivity contribution is 0.103. The van der Waals surface area contributed by atoms with Crippen LogP contribution in [0.3, 0.4) is 0 Å². The van der Waals surface area contributed by atoms with Crippen molar-refractivity contribution in [3.05, 3.63) is 242 Å². The summed E-state index contributed by atoms with van der Waals surface area (Å²) in [5.74, 6) is -0.0385. The number of anilines is 3. The van der Waals surface area contributed by atoms with Crippen LogP contribution in [0.1, 0.15) is 15.9 Å². The molecular weight excluding hydrogens is 705 g/mol. The standard InChI is InChI=1S/C55H38N2O/c58-55(43-24-11-4-12-25-43)44-36-46(38-47(37-44)57-52-30-15-13-26-50(52)51-27-14-16-31-53(51)57)56(45-34-32-40(33-35-45)39-18-5-1-6-19-39)54-48(41-20-7-2-8-21-41)28-17-29-49(54)42-22-9-3-10-23-42/h1-38H. The maximum atomic E-state index is 14.7. The predicted molar refractivity (Wildman–Crippen MR) is 242 cm³/mol. The van der Waals surface area contributed by atoms with Gasteiger partial charge in [0.15, 0.2) is 5.78 Å². The van der Waals surface area contributed by atoms with Crippen molar-refractivity contribution in [2.75, 3.05) is 4.90 Å². The van der Waals surface area contributed by atoms with E-state index in [0.717, 1.165) is 77.9 Å². The first kappa shape index (κ1) is 34.7. The summed E-state index contributed by atoms with van der Waals surface area (Å²) in [6.07, 6.45) is 0. The van der Waals surface area contributed by atoms with Gasteiger partial charge < -0.3 is 9.47 Å². The second-order valence-corrected chi connectivity index (χ2v) is 14.5. The highest BCUT2D eigenvalue weighted by Gasteiger charge is 2.25. The molecule has 1 heterocycles. The van der Waals surface area contributed by atoms with E-state index in [9.17, 15) is 4.79 Å². The number of hydrogen-bond acceptors (Lipinski definition) is 2. The van der Waals surface area contributed by atoms with Crippen LogP contribution in [0.15, 0.2) is 231 Å². The molecule has 0 atom stereocenters. The highest BCUT2D eigenvalue weighted by Crippen LogP contribution is 2.48. The molecule has 0 saturated heterocycles. The van der Waals surface area contributed by atoms with Crippen LogP contribution in [0.2, 0.25) is 0 Å². The van der Waals surface area contributed by atoms with Crippen molar-refractivity contribution in [3.63, 3.8) is 0 Å². The topological polar surface area (TPSA) is 25.2 Å². The Labute approximate surface area is 338 Å². The van der Waals surface area contributed by atoms with Crippen LogP contribution in [0.25, 0.3) is 60.9 Å². The maximum absolute atomic E-state index is 14.7. The molecule has 0 bridgehead atoms. The van der Waals surface area contributed by atoms with Crippen LogP contribution in [0.5, 0.6) is 0 Å². The van der Waals surface area contributed by atoms with Crippen molar-refractivity contribution < 1.29 is 4.79 Å². The van der Waals surface area contributed by atoms with E-state index in [2.05, 4.69) is 204 Å². The molecule has 10 rings (SSSR count). The molecule has 10 aromatic rings. The monoisotopic (exact) mass is 742 g/mol. The van der Waals surface area contributed by atoms with Crippen LogP contribution >= 0.6 is 0 Å². The van der Waals surface area contributed by atoms with E-state index in [-0.39, 0.29) is 5.78 Å². The molecule has 0 aliphatic carbocycles. The number of rotatable bonds is 9. The molecule has 0 fully saturated rings. The molecule has 0 aliphatic heterocycles. The van der Waals surface area contributed by atoms with Gasteiger partial charge in [0, 0.05) is 50.1 Å². The number of ketones is 1. The summed E-state index contributed by atoms with van der Waals surface area (Å²) in [4.78, 5) is 17.0. The number of fused-ring (bicyclic) bond motifs is 3. The quantitative estimate of drug-likeness (QED) is 0.138. The number of para-hydroxylation sites is 3. The average Bonchev–Trinajstić information content (AvgIpc) is 3.65. The third-order valence-corrected chi connectivity index (χ3v) is 11.0. The van der Waals surface area contributed by atoms with Crippen molar-refractivity contribution in [1.82, 2.24) is 4.57 Å². The molecule has 1 aromatic heterocycles. The van der Waals surface area contributed by atoms with Crippen molar-refractivity contribution in [1.29, 1.82) is 0 Å². The fraction of sp³-hybridized carbons (Fsp3) is 0. The van der Waals surface area contributed by atoms with Crippen LogP contribution < -0.4 is 4.90 Å². The second kappa shape index (κ2) is 15.1. The Balaban J connectivity index is 1.30. The average molecular weight is 743 g/mol. The van der Waals surface area contributed by atoms with Gasteiger partial charge in [0.2, 0.25) is 0 Å². The maximum Gasteiger partial charge on any atom is 0.193 e. The zero-order chi connectivity index (χ0) is 38.8. The largest absolute Gasteiger partial charge is 0.309 e. The summed E-state index contributed by atoms with van der Waals surface area (Å²) in [5.41, 5.74) is 13.8. The van der Waals surface area contributed by atoms with E-state index in [1.165, 1.54) is 0 Å². The smallest absolute Gasteiger partial charge is 0.193 e. The second-order valence-electron chi connectivity index (χ2n) is 14.5. The molecule has 274 valence electrons. The zero-order valence-corrected chi connectivity index (χ0v) is 31.7. The Hall–Kier alpha value is -7.75. The number of aromatic nitrogens is 1. The molecule has 9 aromatic carbocycles. The Kier molecular flexibility index (Phi) is 9.02. The van der Waals surface area contributed by atoms with E-state index in [0.29, 0.717) is 11.1 Å². The number of hydrogen-bond donors (Lipinski definition) is 0. The molecule has 0 amide bonds. The Morgan fingerprint density at radius 3 is 1.38 bits per heavy atom. The van der Waals surface area contributed by atoms with Crippen LogP contribution in [-0.2, 0) is 0 Å². The fourth-order valence-corrected chi connectivity index (χ4v) is 8.27. The lowest BCUT2D eigenvalue weighted by atomic mass is 9.93. The molecule has 0 spiro atoms. The first-order chi connectivity index (χ1) is 28.7. The van der Waals surface area contributed by atoms with Crippen molar-refractivity contribution in [2.24, 2.45) is 0 Å². The molecule has 0 N–H and O–H groups in total. The van der Waals surface area contributed by atoms with E-state index in [1.54, 1.807) is 0 Å². The molecule has 0 radical (unpaired) electrons. The first-order valence-corrected chi connectivity index (χ1v) is 19.6. The van der Waals surface area contributed by atoms with Gasteiger partial charge in [-0.15, -0.1) is 0 Å². The minimum absolute atomic E-state index is 0.0385. The van der Waals surface area contributed by atoms with Gasteiger partial charge in [0.05, 0.1) is 16.7 Å². The molecular formula is C55H38N2O. The summed E-state index contributed by atoms with van der Waals surface area (Å²) >= 11 is 0. The van der Waals surface area contributed by atoms with Crippen LogP contribution in [0.4, 0.5) is 17.1 Å². The molecule has 3 nitrogen and oxygen atoms in total. The van der Waals surface area contributed by atoms with E-state index in [1.807, 2.05) is 36.4 Å². The third kappa shape index (κ3) is 6.35. The summed E-state index contributed by atoms with van der Waals surface area (Å²) in [7, 11) is 0. The summed E-state index contributed by atoms with van der Waals surface area (Å²) in [6.45, 7) is 0. The minimum atomic E-state index is -0.0385. The van der Waals surface area contributed by atoms with Crippen LogP contribution in [-0.4, -0.2) is 10.4 Å². The normalized spacial score (nSPS) is 11.2. The van der Waals surface area contributed by atoms with Crippen molar-refractivity contribution >= 4 is 44.7 Å². The Morgan fingerprint density at radius 2 is 0.828 bits per heavy atom. The van der Waals surface area contributed by atoms with Gasteiger partial charge in [-0.2, -0.15) is 0 Å². The highest BCUT2D eigenvalue weighted by molar-refractivity contribution is 6.12. The molecule has 0 aliphatic rings. The van der Waals surface area contributed by atoms with Gasteiger partial charge in [0.25, 0.3) is 0 Å². The molecule has 58 heavy (non-hydrogen) atoms. The van der Waals surface area contributed by atoms with E-state index >= 15 is 0 Å². The Bertz CT molecular complexity index is 2930. The van der Waals surface area contributed by atoms with Gasteiger partial charge >= 0.3 is 0 Å². The summed E-state index contributed by atoms with van der Waals surface area (Å²) < 4.78 is 2.30. The minimum Gasteiger partial charge on any atom is -0.309 e. The van der Waals surface area contributed by atoms with Crippen LogP contribution in [0, 0.1) is 0 Å². The predicted octanol–water partition coefficient (Wildman–Crippen LogP) is 14.5. The molecule has 0 unspecified atom stereocenters. The number of nitrogens with zero attached hydrogens (tertiary/aromatic N) is 2. The third-order valence-electron chi connectivity index (χ3n) is 11.0. The van der Waals surface area contributed by atoms with Crippen molar-refractivity contribution in [3.8, 4) is 39.1 Å². The SMILES string of the molecule is O=C(c1ccccc1)c1cc(N(c2ccc(-c3ccccc3)cc2)c2c(-c3ccccc3)cccc2-c2ccccc2)cc(-n2c3ccccc3c3ccccc32)c1. The number of carbonyl (C=O) groups is 1. The van der Waals surface area contributed by atoms with Gasteiger partial charge in [0.1, 0.15) is 0 Å². The van der Waals surface area contributed by atoms with E-state index < -0.39 is 0 Å². The molecule has 0 saturated carbocycles. The van der Waals surface area contributed by atoms with Crippen molar-refractivity contribution in [2.45, 2.75) is 0 Å². The summed E-state index contributed by atoms with van der Waals surface area (Å²) in [6, 6.07) is 79.9. The fourth-order valence-electron chi connectivity index (χ4n) is 8.27. The highest BCUT2D eigenvalue weighted by atomic mass is 16.1. The Morgan fingerprint density at radius 1 is 0.362 bits per heavy atom. The zero-order valence-electron chi connectivity index (χ0n) is 31.7. The lowest BCUT2D eigenvalue weighted by Crippen LogP contribution is -2.15. The van der Waals surface area contributed by atoms with Gasteiger partial charge in [-0.1, -0.05) is 188 Å². The van der Waals surface area contributed by atoms with Gasteiger partial charge in [-0.05, 0) is 64.7 Å². The number of benzene rings is 9. The van der Waals surface area contributed by atoms with E-state index in [4.69, 9.17) is 0 Å². The van der Waals surface area contributed by atoms with Gasteiger partial charge in [-0.25, -0.2) is 0 Å². The summed E-state index contributed by atoms with van der Waals surface area (Å²) in [5, 5.41) is 2.32. The first-order valence-electron chi connectivity index (χ1n) is 19.6. The molecule has 3 heteroatoms. The number of carbonyl (C=O) groups excluding carboxylic acids is 1. The lowest BCUT2D eigenvalue weighted by Gasteiger charge is -2.31.